The average molecular weight is 422 g/mol. The molecule has 0 saturated carbocycles. The van der Waals surface area contributed by atoms with Gasteiger partial charge in [0.1, 0.15) is 5.75 Å². The van der Waals surface area contributed by atoms with Gasteiger partial charge in [-0.1, -0.05) is 17.3 Å². The maximum absolute atomic E-state index is 12.8. The number of fused-ring (bicyclic) bond motifs is 2. The zero-order valence-corrected chi connectivity index (χ0v) is 16.6. The van der Waals surface area contributed by atoms with E-state index in [4.69, 9.17) is 18.7 Å². The molecule has 158 valence electrons. The number of nitrogens with zero attached hydrogens (tertiary/aromatic N) is 3. The van der Waals surface area contributed by atoms with Gasteiger partial charge in [-0.25, -0.2) is 4.79 Å². The first kappa shape index (κ1) is 18.9. The summed E-state index contributed by atoms with van der Waals surface area (Å²) in [6.45, 7) is 0.288. The van der Waals surface area contributed by atoms with Crippen LogP contribution in [-0.2, 0) is 13.0 Å². The van der Waals surface area contributed by atoms with Gasteiger partial charge < -0.3 is 23.7 Å². The second-order valence-electron chi connectivity index (χ2n) is 6.95. The van der Waals surface area contributed by atoms with Crippen molar-refractivity contribution in [2.45, 2.75) is 19.4 Å². The van der Waals surface area contributed by atoms with Crippen LogP contribution in [0, 0.1) is 0 Å². The Balaban J connectivity index is 1.34. The van der Waals surface area contributed by atoms with Gasteiger partial charge in [0.2, 0.25) is 18.5 Å². The van der Waals surface area contributed by atoms with Gasteiger partial charge in [-0.3, -0.25) is 9.36 Å². The number of aromatic nitrogens is 4. The molecule has 0 aliphatic carbocycles. The Kier molecular flexibility index (Phi) is 4.66. The van der Waals surface area contributed by atoms with Crippen molar-refractivity contribution in [3.63, 3.8) is 0 Å². The van der Waals surface area contributed by atoms with Crippen molar-refractivity contribution in [1.29, 1.82) is 0 Å². The maximum atomic E-state index is 12.8. The first-order valence-corrected chi connectivity index (χ1v) is 9.66. The highest BCUT2D eigenvalue weighted by molar-refractivity contribution is 5.81. The molecule has 4 aromatic rings. The lowest BCUT2D eigenvalue weighted by Crippen LogP contribution is -2.35. The van der Waals surface area contributed by atoms with Crippen LogP contribution in [0.25, 0.3) is 22.3 Å². The van der Waals surface area contributed by atoms with Crippen molar-refractivity contribution in [3.8, 4) is 28.6 Å². The summed E-state index contributed by atoms with van der Waals surface area (Å²) in [5, 5.41) is 4.36. The molecule has 0 atom stereocenters. The van der Waals surface area contributed by atoms with E-state index in [9.17, 15) is 9.59 Å². The van der Waals surface area contributed by atoms with Gasteiger partial charge in [0.05, 0.1) is 23.6 Å². The predicted octanol–water partition coefficient (Wildman–Crippen LogP) is 2.11. The molecule has 0 bridgehead atoms. The minimum atomic E-state index is -0.489. The molecule has 0 unspecified atom stereocenters. The summed E-state index contributed by atoms with van der Waals surface area (Å²) in [5.41, 5.74) is 0.253. The number of aromatic amines is 1. The Morgan fingerprint density at radius 2 is 1.97 bits per heavy atom. The van der Waals surface area contributed by atoms with Crippen LogP contribution in [0.3, 0.4) is 0 Å². The van der Waals surface area contributed by atoms with Gasteiger partial charge >= 0.3 is 5.69 Å². The van der Waals surface area contributed by atoms with Crippen LogP contribution in [0.2, 0.25) is 0 Å². The van der Waals surface area contributed by atoms with Gasteiger partial charge in [0.25, 0.3) is 5.56 Å². The van der Waals surface area contributed by atoms with E-state index in [1.165, 1.54) is 0 Å². The number of ether oxygens (including phenoxy) is 3. The van der Waals surface area contributed by atoms with Gasteiger partial charge in [0.15, 0.2) is 11.5 Å². The third-order valence-electron chi connectivity index (χ3n) is 5.06. The second kappa shape index (κ2) is 7.63. The predicted molar refractivity (Wildman–Crippen MR) is 110 cm³/mol. The summed E-state index contributed by atoms with van der Waals surface area (Å²) in [5.74, 6) is 2.46. The highest BCUT2D eigenvalue weighted by Gasteiger charge is 2.18. The maximum Gasteiger partial charge on any atom is 0.328 e. The van der Waals surface area contributed by atoms with E-state index < -0.39 is 11.2 Å². The second-order valence-corrected chi connectivity index (χ2v) is 6.95. The monoisotopic (exact) mass is 422 g/mol. The topological polar surface area (TPSA) is 121 Å². The number of nitrogens with one attached hydrogen (secondary N) is 1. The smallest absolute Gasteiger partial charge is 0.328 e. The molecule has 31 heavy (non-hydrogen) atoms. The quantitative estimate of drug-likeness (QED) is 0.501. The minimum absolute atomic E-state index is 0.0884. The van der Waals surface area contributed by atoms with Crippen molar-refractivity contribution in [3.05, 3.63) is 63.1 Å². The molecule has 1 aliphatic rings. The van der Waals surface area contributed by atoms with E-state index in [-0.39, 0.29) is 13.3 Å². The molecule has 0 radical (unpaired) electrons. The van der Waals surface area contributed by atoms with Crippen molar-refractivity contribution in [2.75, 3.05) is 13.9 Å². The number of benzene rings is 2. The number of H-pyrrole nitrogens is 1. The summed E-state index contributed by atoms with van der Waals surface area (Å²) in [4.78, 5) is 32.4. The molecule has 10 nitrogen and oxygen atoms in total. The molecule has 0 saturated heterocycles. The summed E-state index contributed by atoms with van der Waals surface area (Å²) < 4.78 is 22.4. The molecule has 10 heteroatoms. The first-order valence-electron chi connectivity index (χ1n) is 9.66. The lowest BCUT2D eigenvalue weighted by atomic mass is 10.2. The van der Waals surface area contributed by atoms with Gasteiger partial charge in [0, 0.05) is 19.0 Å². The minimum Gasteiger partial charge on any atom is -0.496 e. The van der Waals surface area contributed by atoms with Gasteiger partial charge in [-0.05, 0) is 24.6 Å². The average Bonchev–Trinajstić information content (AvgIpc) is 3.44. The highest BCUT2D eigenvalue weighted by Crippen LogP contribution is 2.34. The van der Waals surface area contributed by atoms with Gasteiger partial charge in [-0.15, -0.1) is 0 Å². The van der Waals surface area contributed by atoms with Gasteiger partial charge in [-0.2, -0.15) is 4.98 Å². The molecule has 2 aromatic heterocycles. The van der Waals surface area contributed by atoms with Crippen molar-refractivity contribution < 1.29 is 18.7 Å². The SMILES string of the molecule is COc1ccccc1-c1noc(CCCn2c(=O)[nH]c3cc4c(cc3c2=O)OCO4)n1. The zero-order chi connectivity index (χ0) is 21.4. The number of para-hydroxylation sites is 1. The Morgan fingerprint density at radius 3 is 2.81 bits per heavy atom. The van der Waals surface area contributed by atoms with Crippen LogP contribution in [0.1, 0.15) is 12.3 Å². The Hall–Kier alpha value is -4.08. The Morgan fingerprint density at radius 1 is 1.16 bits per heavy atom. The highest BCUT2D eigenvalue weighted by atomic mass is 16.7. The molecule has 0 spiro atoms. The molecular formula is C21H18N4O6. The number of aryl methyl sites for hydroxylation is 1. The van der Waals surface area contributed by atoms with Crippen LogP contribution in [0.4, 0.5) is 0 Å². The van der Waals surface area contributed by atoms with Crippen LogP contribution in [-0.4, -0.2) is 33.6 Å². The Labute approximate surface area is 175 Å². The number of hydrogen-bond donors (Lipinski definition) is 1. The molecular weight excluding hydrogens is 404 g/mol. The molecule has 1 N–H and O–H groups in total. The third-order valence-corrected chi connectivity index (χ3v) is 5.06. The summed E-state index contributed by atoms with van der Waals surface area (Å²) in [7, 11) is 1.58. The van der Waals surface area contributed by atoms with E-state index >= 15 is 0 Å². The van der Waals surface area contributed by atoms with E-state index in [2.05, 4.69) is 15.1 Å². The molecule has 1 aliphatic heterocycles. The first-order chi connectivity index (χ1) is 15.1. The standard InChI is InChI=1S/C21H18N4O6/c1-28-15-6-3-2-5-12(15)19-23-18(31-24-19)7-4-8-25-20(26)13-9-16-17(30-11-29-16)10-14(13)22-21(25)27/h2-3,5-6,9-10H,4,7-8,11H2,1H3,(H,22,27). The number of rotatable bonds is 6. The largest absolute Gasteiger partial charge is 0.496 e. The summed E-state index contributed by atoms with van der Waals surface area (Å²) in [6.07, 6.45) is 0.875. The molecule has 0 amide bonds. The lowest BCUT2D eigenvalue weighted by molar-refractivity contribution is 0.174. The van der Waals surface area contributed by atoms with Crippen LogP contribution >= 0.6 is 0 Å². The lowest BCUT2D eigenvalue weighted by Gasteiger charge is -2.06. The fourth-order valence-electron chi connectivity index (χ4n) is 3.53. The van der Waals surface area contributed by atoms with E-state index in [1.807, 2.05) is 24.3 Å². The van der Waals surface area contributed by atoms with Crippen LogP contribution in [0.5, 0.6) is 17.2 Å². The van der Waals surface area contributed by atoms with E-state index in [1.54, 1.807) is 19.2 Å². The molecule has 5 rings (SSSR count). The summed E-state index contributed by atoms with van der Waals surface area (Å²) in [6, 6.07) is 10.6. The van der Waals surface area contributed by atoms with Crippen molar-refractivity contribution >= 4 is 10.9 Å². The number of methoxy groups -OCH3 is 1. The van der Waals surface area contributed by atoms with Crippen molar-refractivity contribution in [1.82, 2.24) is 19.7 Å². The van der Waals surface area contributed by atoms with Crippen molar-refractivity contribution in [2.24, 2.45) is 0 Å². The van der Waals surface area contributed by atoms with Crippen LogP contribution in [0.15, 0.2) is 50.5 Å². The molecule has 2 aromatic carbocycles. The normalized spacial score (nSPS) is 12.4. The zero-order valence-electron chi connectivity index (χ0n) is 16.6. The fraction of sp³-hybridized carbons (Fsp3) is 0.238. The van der Waals surface area contributed by atoms with Crippen LogP contribution < -0.4 is 25.5 Å². The number of hydrogen-bond acceptors (Lipinski definition) is 8. The fourth-order valence-corrected chi connectivity index (χ4v) is 3.53. The Bertz CT molecular complexity index is 1390. The molecule has 0 fully saturated rings. The third kappa shape index (κ3) is 3.41. The molecule has 3 heterocycles. The van der Waals surface area contributed by atoms with E-state index in [0.29, 0.717) is 52.7 Å². The summed E-state index contributed by atoms with van der Waals surface area (Å²) >= 11 is 0. The van der Waals surface area contributed by atoms with E-state index in [0.717, 1.165) is 10.1 Å².